The van der Waals surface area contributed by atoms with Crippen LogP contribution in [0.5, 0.6) is 0 Å². The van der Waals surface area contributed by atoms with Crippen LogP contribution in [0.1, 0.15) is 6.04 Å². The number of aliphatic hydroxyl groups is 3. The zero-order valence-corrected chi connectivity index (χ0v) is 10.9. The van der Waals surface area contributed by atoms with Gasteiger partial charge in [0.2, 0.25) is 0 Å². The molecule has 106 valence electrons. The third kappa shape index (κ3) is 1.70. The van der Waals surface area contributed by atoms with Crippen molar-refractivity contribution in [2.24, 2.45) is 0 Å². The summed E-state index contributed by atoms with van der Waals surface area (Å²) in [5, 5.41) is 29.4. The maximum atomic E-state index is 10.1. The van der Waals surface area contributed by atoms with Gasteiger partial charge in [-0.2, -0.15) is 0 Å². The van der Waals surface area contributed by atoms with Crippen molar-refractivity contribution >= 4 is 28.6 Å². The van der Waals surface area contributed by atoms with E-state index in [2.05, 4.69) is 15.0 Å². The Kier molecular flexibility index (Phi) is 3.09. The molecule has 0 saturated heterocycles. The Bertz CT molecular complexity index is 700. The number of aliphatic hydroxyl groups excluding tert-OH is 3. The van der Waals surface area contributed by atoms with Gasteiger partial charge in [-0.1, -0.05) is 11.6 Å². The van der Waals surface area contributed by atoms with Gasteiger partial charge in [0, 0.05) is 10.6 Å². The number of aromatic nitrogens is 4. The molecule has 0 radical (unpaired) electrons. The van der Waals surface area contributed by atoms with Gasteiger partial charge in [0.15, 0.2) is 11.5 Å². The summed E-state index contributed by atoms with van der Waals surface area (Å²) in [5.41, 5.74) is 6.66. The largest absolute Gasteiger partial charge is 0.392 e. The molecule has 0 bridgehead atoms. The number of rotatable bonds is 2. The van der Waals surface area contributed by atoms with Crippen LogP contribution in [-0.2, 0) is 0 Å². The highest BCUT2D eigenvalue weighted by atomic mass is 35.5. The predicted octanol–water partition coefficient (Wildman–Crippen LogP) is -0.830. The first kappa shape index (κ1) is 13.3. The van der Waals surface area contributed by atoms with E-state index in [0.29, 0.717) is 11.2 Å². The van der Waals surface area contributed by atoms with E-state index < -0.39 is 24.9 Å². The summed E-state index contributed by atoms with van der Waals surface area (Å²) in [6.07, 6.45) is 0.268. The third-order valence-corrected chi connectivity index (χ3v) is 3.89. The lowest BCUT2D eigenvalue weighted by molar-refractivity contribution is 0.0284. The van der Waals surface area contributed by atoms with Crippen molar-refractivity contribution in [1.82, 2.24) is 19.5 Å². The molecule has 0 aromatic carbocycles. The second-order valence-electron chi connectivity index (χ2n) is 4.49. The minimum Gasteiger partial charge on any atom is -0.392 e. The van der Waals surface area contributed by atoms with Gasteiger partial charge in [0.25, 0.3) is 0 Å². The number of nitrogens with zero attached hydrogens (tertiary/aromatic N) is 4. The SMILES string of the molecule is Nc1ncnc2c1ncn2C1C(Cl)=C(CO)[C@H](O)[C@H]1O. The molecule has 8 nitrogen and oxygen atoms in total. The van der Waals surface area contributed by atoms with E-state index in [1.54, 1.807) is 0 Å². The first-order valence-corrected chi connectivity index (χ1v) is 6.22. The fraction of sp³-hybridized carbons (Fsp3) is 0.364. The van der Waals surface area contributed by atoms with Gasteiger partial charge in [-0.15, -0.1) is 0 Å². The molecule has 0 fully saturated rings. The van der Waals surface area contributed by atoms with Crippen molar-refractivity contribution in [3.8, 4) is 0 Å². The summed E-state index contributed by atoms with van der Waals surface area (Å²) < 4.78 is 1.51. The number of halogens is 1. The lowest BCUT2D eigenvalue weighted by atomic mass is 10.1. The Morgan fingerprint density at radius 2 is 2.05 bits per heavy atom. The number of fused-ring (bicyclic) bond motifs is 1. The van der Waals surface area contributed by atoms with Gasteiger partial charge in [-0.05, 0) is 0 Å². The number of nitrogens with two attached hydrogens (primary N) is 1. The van der Waals surface area contributed by atoms with Crippen molar-refractivity contribution in [3.63, 3.8) is 0 Å². The molecular weight excluding hydrogens is 286 g/mol. The first-order valence-electron chi connectivity index (χ1n) is 5.84. The molecule has 2 heterocycles. The minimum absolute atomic E-state index is 0.170. The Labute approximate surface area is 118 Å². The Balaban J connectivity index is 2.17. The Morgan fingerprint density at radius 1 is 1.30 bits per heavy atom. The number of nitrogen functional groups attached to an aromatic ring is 1. The van der Waals surface area contributed by atoms with Gasteiger partial charge < -0.3 is 25.6 Å². The summed E-state index contributed by atoms with van der Waals surface area (Å²) in [5.74, 6) is 0.212. The Hall–Kier alpha value is -1.74. The van der Waals surface area contributed by atoms with E-state index in [0.717, 1.165) is 0 Å². The van der Waals surface area contributed by atoms with Gasteiger partial charge in [0.05, 0.1) is 12.9 Å². The van der Waals surface area contributed by atoms with Crippen LogP contribution < -0.4 is 5.73 Å². The van der Waals surface area contributed by atoms with Crippen LogP contribution in [-0.4, -0.2) is 53.7 Å². The van der Waals surface area contributed by atoms with E-state index >= 15 is 0 Å². The summed E-state index contributed by atoms with van der Waals surface area (Å²) in [6, 6.07) is -0.770. The number of anilines is 1. The van der Waals surface area contributed by atoms with Crippen LogP contribution in [0, 0.1) is 0 Å². The van der Waals surface area contributed by atoms with Crippen LogP contribution in [0.25, 0.3) is 11.2 Å². The number of hydrogen-bond acceptors (Lipinski definition) is 7. The van der Waals surface area contributed by atoms with E-state index in [1.807, 2.05) is 0 Å². The van der Waals surface area contributed by atoms with Crippen LogP contribution in [0.2, 0.25) is 0 Å². The second-order valence-corrected chi connectivity index (χ2v) is 4.90. The standard InChI is InChI=1S/C11H12ClN5O3/c12-5-4(1-18)8(19)9(20)7(5)17-3-16-6-10(13)14-2-15-11(6)17/h2-3,7-9,18-20H,1H2,(H2,13,14,15)/t7?,8-,9-/m0/s1. The molecule has 3 rings (SSSR count). The third-order valence-electron chi connectivity index (χ3n) is 3.43. The van der Waals surface area contributed by atoms with Crippen molar-refractivity contribution in [3.05, 3.63) is 23.3 Å². The minimum atomic E-state index is -1.23. The normalized spacial score (nSPS) is 26.7. The molecule has 2 aromatic heterocycles. The lowest BCUT2D eigenvalue weighted by Crippen LogP contribution is -2.30. The first-order chi connectivity index (χ1) is 9.56. The molecule has 1 aliphatic carbocycles. The molecular formula is C11H12ClN5O3. The fourth-order valence-corrected chi connectivity index (χ4v) is 2.80. The molecule has 0 amide bonds. The quantitative estimate of drug-likeness (QED) is 0.569. The molecule has 9 heteroatoms. The number of hydrogen-bond donors (Lipinski definition) is 4. The van der Waals surface area contributed by atoms with Gasteiger partial charge >= 0.3 is 0 Å². The van der Waals surface area contributed by atoms with Crippen LogP contribution in [0.4, 0.5) is 5.82 Å². The van der Waals surface area contributed by atoms with Crippen LogP contribution in [0.15, 0.2) is 23.3 Å². The van der Waals surface area contributed by atoms with Crippen molar-refractivity contribution < 1.29 is 15.3 Å². The van der Waals surface area contributed by atoms with Crippen molar-refractivity contribution in [2.75, 3.05) is 12.3 Å². The molecule has 0 spiro atoms. The fourth-order valence-electron chi connectivity index (χ4n) is 2.39. The molecule has 2 aromatic rings. The number of imidazole rings is 1. The monoisotopic (exact) mass is 297 g/mol. The van der Waals surface area contributed by atoms with Crippen LogP contribution >= 0.6 is 11.6 Å². The highest BCUT2D eigenvalue weighted by Crippen LogP contribution is 2.39. The topological polar surface area (TPSA) is 130 Å². The van der Waals surface area contributed by atoms with Crippen molar-refractivity contribution in [1.29, 1.82) is 0 Å². The average molecular weight is 298 g/mol. The maximum Gasteiger partial charge on any atom is 0.166 e. The summed E-state index contributed by atoms with van der Waals surface area (Å²) >= 11 is 6.14. The average Bonchev–Trinajstić information content (AvgIpc) is 2.92. The molecule has 20 heavy (non-hydrogen) atoms. The summed E-state index contributed by atoms with van der Waals surface area (Å²) in [4.78, 5) is 12.0. The van der Waals surface area contributed by atoms with Gasteiger partial charge in [-0.25, -0.2) is 15.0 Å². The van der Waals surface area contributed by atoms with Gasteiger partial charge in [0.1, 0.15) is 30.1 Å². The molecule has 3 atom stereocenters. The van der Waals surface area contributed by atoms with Crippen molar-refractivity contribution in [2.45, 2.75) is 18.2 Å². The maximum absolute atomic E-state index is 10.1. The zero-order chi connectivity index (χ0) is 14.4. The molecule has 0 aliphatic heterocycles. The van der Waals surface area contributed by atoms with Gasteiger partial charge in [-0.3, -0.25) is 0 Å². The Morgan fingerprint density at radius 3 is 2.70 bits per heavy atom. The van der Waals surface area contributed by atoms with E-state index in [4.69, 9.17) is 17.3 Å². The smallest absolute Gasteiger partial charge is 0.166 e. The van der Waals surface area contributed by atoms with Crippen LogP contribution in [0.3, 0.4) is 0 Å². The summed E-state index contributed by atoms with van der Waals surface area (Å²) in [7, 11) is 0. The molecule has 0 saturated carbocycles. The second kappa shape index (κ2) is 4.67. The van der Waals surface area contributed by atoms with E-state index in [-0.39, 0.29) is 16.4 Å². The molecule has 5 N–H and O–H groups in total. The predicted molar refractivity (Wildman–Crippen MR) is 70.8 cm³/mol. The highest BCUT2D eigenvalue weighted by Gasteiger charge is 2.41. The highest BCUT2D eigenvalue weighted by molar-refractivity contribution is 6.31. The molecule has 1 aliphatic rings. The van der Waals surface area contributed by atoms with E-state index in [9.17, 15) is 15.3 Å². The summed E-state index contributed by atoms with van der Waals surface area (Å²) in [6.45, 7) is -0.433. The zero-order valence-electron chi connectivity index (χ0n) is 10.2. The lowest BCUT2D eigenvalue weighted by Gasteiger charge is -2.19. The molecule has 1 unspecified atom stereocenters. The van der Waals surface area contributed by atoms with E-state index in [1.165, 1.54) is 17.2 Å².